The fraction of sp³-hybridized carbons (Fsp3) is 0.375. The zero-order valence-electron chi connectivity index (χ0n) is 11.7. The van der Waals surface area contributed by atoms with Crippen LogP contribution < -0.4 is 5.32 Å². The largest absolute Gasteiger partial charge is 0.310 e. The van der Waals surface area contributed by atoms with Crippen molar-refractivity contribution in [3.8, 4) is 0 Å². The SMILES string of the molecule is Cc1cc(C(C)NCCc2ccc(Cl)cc2)c(C)s1. The van der Waals surface area contributed by atoms with Gasteiger partial charge in [-0.25, -0.2) is 0 Å². The van der Waals surface area contributed by atoms with Crippen molar-refractivity contribution in [1.82, 2.24) is 5.32 Å². The lowest BCUT2D eigenvalue weighted by molar-refractivity contribution is 0.576. The van der Waals surface area contributed by atoms with Gasteiger partial charge in [0, 0.05) is 20.8 Å². The molecule has 1 heterocycles. The number of hydrogen-bond donors (Lipinski definition) is 1. The van der Waals surface area contributed by atoms with Gasteiger partial charge in [0.25, 0.3) is 0 Å². The Morgan fingerprint density at radius 1 is 1.21 bits per heavy atom. The van der Waals surface area contributed by atoms with Gasteiger partial charge in [-0.05, 0) is 63.1 Å². The van der Waals surface area contributed by atoms with Crippen molar-refractivity contribution in [2.24, 2.45) is 0 Å². The van der Waals surface area contributed by atoms with Gasteiger partial charge in [-0.3, -0.25) is 0 Å². The van der Waals surface area contributed by atoms with Crippen molar-refractivity contribution in [3.05, 3.63) is 56.2 Å². The number of benzene rings is 1. The number of thiophene rings is 1. The standard InChI is InChI=1S/C16H20ClNS/c1-11-10-16(13(3)19-11)12(2)18-9-8-14-4-6-15(17)7-5-14/h4-7,10,12,18H,8-9H2,1-3H3. The number of rotatable bonds is 5. The third-order valence-electron chi connectivity index (χ3n) is 3.32. The minimum atomic E-state index is 0.414. The Morgan fingerprint density at radius 2 is 1.89 bits per heavy atom. The van der Waals surface area contributed by atoms with Crippen LogP contribution in [0, 0.1) is 13.8 Å². The monoisotopic (exact) mass is 293 g/mol. The van der Waals surface area contributed by atoms with E-state index in [9.17, 15) is 0 Å². The second-order valence-electron chi connectivity index (χ2n) is 4.92. The number of hydrogen-bond acceptors (Lipinski definition) is 2. The van der Waals surface area contributed by atoms with Crippen molar-refractivity contribution in [3.63, 3.8) is 0 Å². The molecule has 2 rings (SSSR count). The molecule has 0 spiro atoms. The molecule has 0 amide bonds. The third-order valence-corrected chi connectivity index (χ3v) is 4.56. The van der Waals surface area contributed by atoms with Gasteiger partial charge in [0.1, 0.15) is 0 Å². The summed E-state index contributed by atoms with van der Waals surface area (Å²) in [5.74, 6) is 0. The molecule has 1 unspecified atom stereocenters. The molecule has 1 atom stereocenters. The normalized spacial score (nSPS) is 12.6. The molecule has 1 N–H and O–H groups in total. The Bertz CT molecular complexity index is 530. The fourth-order valence-corrected chi connectivity index (χ4v) is 3.42. The summed E-state index contributed by atoms with van der Waals surface area (Å²) in [5.41, 5.74) is 2.75. The summed E-state index contributed by atoms with van der Waals surface area (Å²) in [6, 6.07) is 10.8. The molecule has 3 heteroatoms. The van der Waals surface area contributed by atoms with Crippen LogP contribution in [-0.2, 0) is 6.42 Å². The summed E-state index contributed by atoms with van der Waals surface area (Å²) in [4.78, 5) is 2.81. The zero-order valence-corrected chi connectivity index (χ0v) is 13.2. The van der Waals surface area contributed by atoms with Crippen LogP contribution in [0.15, 0.2) is 30.3 Å². The molecule has 0 fully saturated rings. The van der Waals surface area contributed by atoms with E-state index in [4.69, 9.17) is 11.6 Å². The second kappa shape index (κ2) is 6.56. The number of nitrogens with one attached hydrogen (secondary N) is 1. The van der Waals surface area contributed by atoms with E-state index in [1.165, 1.54) is 20.9 Å². The maximum absolute atomic E-state index is 5.88. The highest BCUT2D eigenvalue weighted by molar-refractivity contribution is 7.12. The molecular formula is C16H20ClNS. The summed E-state index contributed by atoms with van der Waals surface area (Å²) < 4.78 is 0. The van der Waals surface area contributed by atoms with Crippen molar-refractivity contribution >= 4 is 22.9 Å². The highest BCUT2D eigenvalue weighted by atomic mass is 35.5. The molecule has 102 valence electrons. The van der Waals surface area contributed by atoms with Crippen LogP contribution in [0.25, 0.3) is 0 Å². The Kier molecular flexibility index (Phi) is 5.03. The lowest BCUT2D eigenvalue weighted by atomic mass is 10.1. The Balaban J connectivity index is 1.85. The van der Waals surface area contributed by atoms with Crippen LogP contribution in [-0.4, -0.2) is 6.54 Å². The molecule has 19 heavy (non-hydrogen) atoms. The van der Waals surface area contributed by atoms with E-state index in [1.807, 2.05) is 23.5 Å². The molecule has 0 saturated carbocycles. The maximum atomic E-state index is 5.88. The molecule has 1 aromatic heterocycles. The zero-order chi connectivity index (χ0) is 13.8. The maximum Gasteiger partial charge on any atom is 0.0406 e. The van der Waals surface area contributed by atoms with Gasteiger partial charge < -0.3 is 5.32 Å². The van der Waals surface area contributed by atoms with Gasteiger partial charge in [0.2, 0.25) is 0 Å². The predicted octanol–water partition coefficient (Wildman–Crippen LogP) is 4.91. The third kappa shape index (κ3) is 4.07. The van der Waals surface area contributed by atoms with Gasteiger partial charge in [-0.15, -0.1) is 11.3 Å². The number of halogens is 1. The summed E-state index contributed by atoms with van der Waals surface area (Å²) in [7, 11) is 0. The molecule has 0 aliphatic rings. The molecule has 0 aliphatic carbocycles. The van der Waals surface area contributed by atoms with Gasteiger partial charge in [-0.2, -0.15) is 0 Å². The Hall–Kier alpha value is -0.830. The van der Waals surface area contributed by atoms with Crippen LogP contribution in [0.3, 0.4) is 0 Å². The van der Waals surface area contributed by atoms with E-state index in [1.54, 1.807) is 0 Å². The van der Waals surface area contributed by atoms with Gasteiger partial charge in [0.05, 0.1) is 0 Å². The average molecular weight is 294 g/mol. The molecule has 1 aromatic carbocycles. The first-order valence-corrected chi connectivity index (χ1v) is 7.80. The molecule has 0 aliphatic heterocycles. The summed E-state index contributed by atoms with van der Waals surface area (Å²) in [5, 5.41) is 4.39. The van der Waals surface area contributed by atoms with Gasteiger partial charge in [0.15, 0.2) is 0 Å². The first-order chi connectivity index (χ1) is 9.06. The Labute approximate surface area is 124 Å². The lowest BCUT2D eigenvalue weighted by Gasteiger charge is -2.13. The minimum absolute atomic E-state index is 0.414. The summed E-state index contributed by atoms with van der Waals surface area (Å²) >= 11 is 7.76. The van der Waals surface area contributed by atoms with Crippen molar-refractivity contribution in [1.29, 1.82) is 0 Å². The molecule has 0 saturated heterocycles. The molecular weight excluding hydrogens is 274 g/mol. The van der Waals surface area contributed by atoms with Crippen molar-refractivity contribution in [2.45, 2.75) is 33.2 Å². The average Bonchev–Trinajstić information content (AvgIpc) is 2.71. The topological polar surface area (TPSA) is 12.0 Å². The van der Waals surface area contributed by atoms with Crippen LogP contribution in [0.2, 0.25) is 5.02 Å². The van der Waals surface area contributed by atoms with Crippen LogP contribution >= 0.6 is 22.9 Å². The minimum Gasteiger partial charge on any atom is -0.310 e. The Morgan fingerprint density at radius 3 is 2.47 bits per heavy atom. The quantitative estimate of drug-likeness (QED) is 0.826. The van der Waals surface area contributed by atoms with E-state index in [0.717, 1.165) is 18.0 Å². The first-order valence-electron chi connectivity index (χ1n) is 6.61. The molecule has 1 nitrogen and oxygen atoms in total. The summed E-state index contributed by atoms with van der Waals surface area (Å²) in [6.45, 7) is 7.58. The highest BCUT2D eigenvalue weighted by Crippen LogP contribution is 2.26. The number of aryl methyl sites for hydroxylation is 2. The molecule has 0 bridgehead atoms. The highest BCUT2D eigenvalue weighted by Gasteiger charge is 2.10. The summed E-state index contributed by atoms with van der Waals surface area (Å²) in [6.07, 6.45) is 1.03. The van der Waals surface area contributed by atoms with Crippen LogP contribution in [0.4, 0.5) is 0 Å². The van der Waals surface area contributed by atoms with Gasteiger partial charge >= 0.3 is 0 Å². The van der Waals surface area contributed by atoms with E-state index >= 15 is 0 Å². The van der Waals surface area contributed by atoms with E-state index in [2.05, 4.69) is 44.3 Å². The van der Waals surface area contributed by atoms with E-state index in [0.29, 0.717) is 6.04 Å². The fourth-order valence-electron chi connectivity index (χ4n) is 2.27. The predicted molar refractivity (Wildman–Crippen MR) is 85.4 cm³/mol. The van der Waals surface area contributed by atoms with Crippen molar-refractivity contribution in [2.75, 3.05) is 6.54 Å². The van der Waals surface area contributed by atoms with Crippen molar-refractivity contribution < 1.29 is 0 Å². The molecule has 2 aromatic rings. The van der Waals surface area contributed by atoms with Crippen LogP contribution in [0.1, 0.15) is 33.8 Å². The molecule has 0 radical (unpaired) electrons. The smallest absolute Gasteiger partial charge is 0.0406 e. The first kappa shape index (κ1) is 14.6. The van der Waals surface area contributed by atoms with Gasteiger partial charge in [-0.1, -0.05) is 23.7 Å². The second-order valence-corrected chi connectivity index (χ2v) is 6.82. The van der Waals surface area contributed by atoms with Crippen LogP contribution in [0.5, 0.6) is 0 Å². The van der Waals surface area contributed by atoms with E-state index in [-0.39, 0.29) is 0 Å². The lowest BCUT2D eigenvalue weighted by Crippen LogP contribution is -2.21. The van der Waals surface area contributed by atoms with E-state index < -0.39 is 0 Å².